The van der Waals surface area contributed by atoms with Gasteiger partial charge in [0.1, 0.15) is 5.75 Å². The molecule has 4 heteroatoms. The van der Waals surface area contributed by atoms with Gasteiger partial charge in [0.2, 0.25) is 5.91 Å². The summed E-state index contributed by atoms with van der Waals surface area (Å²) < 4.78 is 0. The third kappa shape index (κ3) is 3.75. The van der Waals surface area contributed by atoms with Gasteiger partial charge in [-0.05, 0) is 11.5 Å². The number of phenolic OH excluding ortho intramolecular Hbond substituents is 1. The number of hydrogen-bond acceptors (Lipinski definition) is 3. The van der Waals surface area contributed by atoms with Crippen LogP contribution in [0.4, 0.5) is 0 Å². The van der Waals surface area contributed by atoms with Gasteiger partial charge in [0.05, 0.1) is 6.04 Å². The van der Waals surface area contributed by atoms with Crippen LogP contribution in [0.25, 0.3) is 0 Å². The number of nitrogens with two attached hydrogens (primary N) is 1. The summed E-state index contributed by atoms with van der Waals surface area (Å²) >= 11 is 0. The summed E-state index contributed by atoms with van der Waals surface area (Å²) in [7, 11) is 0. The molecular formula is C13H20N2O2. The van der Waals surface area contributed by atoms with Crippen LogP contribution in [0.15, 0.2) is 24.3 Å². The molecule has 0 unspecified atom stereocenters. The molecule has 1 rings (SSSR count). The Labute approximate surface area is 102 Å². The number of amides is 1. The predicted molar refractivity (Wildman–Crippen MR) is 67.4 cm³/mol. The van der Waals surface area contributed by atoms with Crippen LogP contribution >= 0.6 is 0 Å². The Morgan fingerprint density at radius 2 is 2.00 bits per heavy atom. The van der Waals surface area contributed by atoms with E-state index in [1.54, 1.807) is 18.2 Å². The Balaban J connectivity index is 2.58. The van der Waals surface area contributed by atoms with E-state index in [9.17, 15) is 9.90 Å². The molecule has 0 radical (unpaired) electrons. The number of rotatable bonds is 3. The highest BCUT2D eigenvalue weighted by molar-refractivity contribution is 5.82. The Morgan fingerprint density at radius 3 is 2.53 bits per heavy atom. The molecule has 4 N–H and O–H groups in total. The molecule has 1 aromatic rings. The number of benzene rings is 1. The van der Waals surface area contributed by atoms with E-state index in [0.717, 1.165) is 0 Å². The summed E-state index contributed by atoms with van der Waals surface area (Å²) in [5, 5.41) is 12.3. The Bertz CT molecular complexity index is 397. The van der Waals surface area contributed by atoms with Crippen molar-refractivity contribution in [2.24, 2.45) is 11.1 Å². The van der Waals surface area contributed by atoms with Crippen LogP contribution in [0.2, 0.25) is 0 Å². The van der Waals surface area contributed by atoms with E-state index in [4.69, 9.17) is 5.73 Å². The molecule has 0 spiro atoms. The van der Waals surface area contributed by atoms with Crippen LogP contribution in [0.3, 0.4) is 0 Å². The van der Waals surface area contributed by atoms with Crippen molar-refractivity contribution in [3.8, 4) is 5.75 Å². The maximum absolute atomic E-state index is 11.8. The van der Waals surface area contributed by atoms with Crippen LogP contribution in [-0.2, 0) is 11.3 Å². The lowest BCUT2D eigenvalue weighted by molar-refractivity contribution is -0.124. The Morgan fingerprint density at radius 1 is 1.41 bits per heavy atom. The van der Waals surface area contributed by atoms with Crippen LogP contribution in [-0.4, -0.2) is 17.1 Å². The number of hydrogen-bond donors (Lipinski definition) is 3. The van der Waals surface area contributed by atoms with Gasteiger partial charge in [-0.25, -0.2) is 0 Å². The third-order valence-corrected chi connectivity index (χ3v) is 2.66. The SMILES string of the molecule is CC(C)(C)[C@H](N)C(=O)NCc1ccccc1O. The molecule has 0 aliphatic rings. The van der Waals surface area contributed by atoms with Crippen molar-refractivity contribution in [3.05, 3.63) is 29.8 Å². The number of nitrogens with one attached hydrogen (secondary N) is 1. The molecule has 1 amide bonds. The predicted octanol–water partition coefficient (Wildman–Crippen LogP) is 1.38. The van der Waals surface area contributed by atoms with E-state index >= 15 is 0 Å². The highest BCUT2D eigenvalue weighted by Gasteiger charge is 2.27. The number of para-hydroxylation sites is 1. The monoisotopic (exact) mass is 236 g/mol. The van der Waals surface area contributed by atoms with E-state index in [2.05, 4.69) is 5.32 Å². The van der Waals surface area contributed by atoms with Crippen LogP contribution in [0, 0.1) is 5.41 Å². The summed E-state index contributed by atoms with van der Waals surface area (Å²) in [6.45, 7) is 6.03. The minimum Gasteiger partial charge on any atom is -0.508 e. The lowest BCUT2D eigenvalue weighted by Gasteiger charge is -2.25. The van der Waals surface area contributed by atoms with Gasteiger partial charge in [0.15, 0.2) is 0 Å². The molecular weight excluding hydrogens is 216 g/mol. The smallest absolute Gasteiger partial charge is 0.237 e. The summed E-state index contributed by atoms with van der Waals surface area (Å²) in [6.07, 6.45) is 0. The van der Waals surface area contributed by atoms with Gasteiger partial charge < -0.3 is 16.2 Å². The van der Waals surface area contributed by atoms with Crippen molar-refractivity contribution in [1.82, 2.24) is 5.32 Å². The van der Waals surface area contributed by atoms with Crippen LogP contribution in [0.1, 0.15) is 26.3 Å². The summed E-state index contributed by atoms with van der Waals surface area (Å²) in [5.74, 6) is -0.0297. The summed E-state index contributed by atoms with van der Waals surface area (Å²) in [6, 6.07) is 6.34. The highest BCUT2D eigenvalue weighted by Crippen LogP contribution is 2.18. The van der Waals surface area contributed by atoms with Gasteiger partial charge in [-0.1, -0.05) is 39.0 Å². The standard InChI is InChI=1S/C13H20N2O2/c1-13(2,3)11(14)12(17)15-8-9-6-4-5-7-10(9)16/h4-7,11,16H,8,14H2,1-3H3,(H,15,17)/t11-/m1/s1. The molecule has 0 aliphatic carbocycles. The van der Waals surface area contributed by atoms with Gasteiger partial charge in [-0.3, -0.25) is 4.79 Å². The first-order valence-electron chi connectivity index (χ1n) is 5.62. The molecule has 0 saturated heterocycles. The Hall–Kier alpha value is -1.55. The second-order valence-electron chi connectivity index (χ2n) is 5.19. The van der Waals surface area contributed by atoms with Crippen LogP contribution in [0.5, 0.6) is 5.75 Å². The maximum Gasteiger partial charge on any atom is 0.237 e. The van der Waals surface area contributed by atoms with Crippen molar-refractivity contribution in [2.75, 3.05) is 0 Å². The summed E-state index contributed by atoms with van der Waals surface area (Å²) in [4.78, 5) is 11.8. The highest BCUT2D eigenvalue weighted by atomic mass is 16.3. The van der Waals surface area contributed by atoms with Crippen LogP contribution < -0.4 is 11.1 Å². The molecule has 94 valence electrons. The number of phenols is 1. The second kappa shape index (κ2) is 5.19. The third-order valence-electron chi connectivity index (χ3n) is 2.66. The molecule has 1 atom stereocenters. The molecule has 0 fully saturated rings. The normalized spacial score (nSPS) is 13.2. The Kier molecular flexibility index (Phi) is 4.12. The van der Waals surface area contributed by atoms with Gasteiger partial charge >= 0.3 is 0 Å². The lowest BCUT2D eigenvalue weighted by atomic mass is 9.87. The average molecular weight is 236 g/mol. The molecule has 0 saturated carbocycles. The quantitative estimate of drug-likeness (QED) is 0.742. The van der Waals surface area contributed by atoms with E-state index in [0.29, 0.717) is 5.56 Å². The van der Waals surface area contributed by atoms with Gasteiger partial charge in [0.25, 0.3) is 0 Å². The van der Waals surface area contributed by atoms with E-state index in [1.165, 1.54) is 0 Å². The first kappa shape index (κ1) is 13.5. The fourth-order valence-corrected chi connectivity index (χ4v) is 1.35. The van der Waals surface area contributed by atoms with E-state index in [1.807, 2.05) is 26.8 Å². The second-order valence-corrected chi connectivity index (χ2v) is 5.19. The zero-order valence-corrected chi connectivity index (χ0v) is 10.5. The van der Waals surface area contributed by atoms with E-state index < -0.39 is 6.04 Å². The van der Waals surface area contributed by atoms with Crippen molar-refractivity contribution >= 4 is 5.91 Å². The van der Waals surface area contributed by atoms with Crippen molar-refractivity contribution < 1.29 is 9.90 Å². The fourth-order valence-electron chi connectivity index (χ4n) is 1.35. The zero-order valence-electron chi connectivity index (χ0n) is 10.5. The van der Waals surface area contributed by atoms with Crippen molar-refractivity contribution in [3.63, 3.8) is 0 Å². The molecule has 1 aromatic carbocycles. The molecule has 0 aromatic heterocycles. The topological polar surface area (TPSA) is 75.4 Å². The maximum atomic E-state index is 11.8. The molecule has 4 nitrogen and oxygen atoms in total. The fraction of sp³-hybridized carbons (Fsp3) is 0.462. The zero-order chi connectivity index (χ0) is 13.1. The molecule has 0 heterocycles. The lowest BCUT2D eigenvalue weighted by Crippen LogP contribution is -2.48. The minimum atomic E-state index is -0.562. The largest absolute Gasteiger partial charge is 0.508 e. The number of aromatic hydroxyl groups is 1. The van der Waals surface area contributed by atoms with Gasteiger partial charge in [0, 0.05) is 12.1 Å². The van der Waals surface area contributed by atoms with E-state index in [-0.39, 0.29) is 23.6 Å². The minimum absolute atomic E-state index is 0.178. The molecule has 0 bridgehead atoms. The van der Waals surface area contributed by atoms with Gasteiger partial charge in [-0.15, -0.1) is 0 Å². The first-order chi connectivity index (χ1) is 7.82. The molecule has 0 aliphatic heterocycles. The number of carbonyl (C=O) groups excluding carboxylic acids is 1. The average Bonchev–Trinajstić information content (AvgIpc) is 2.25. The van der Waals surface area contributed by atoms with Crippen molar-refractivity contribution in [1.29, 1.82) is 0 Å². The summed E-state index contributed by atoms with van der Waals surface area (Å²) in [5.41, 5.74) is 6.23. The van der Waals surface area contributed by atoms with Gasteiger partial charge in [-0.2, -0.15) is 0 Å². The first-order valence-corrected chi connectivity index (χ1v) is 5.62. The van der Waals surface area contributed by atoms with Crippen molar-refractivity contribution in [2.45, 2.75) is 33.4 Å². The number of carbonyl (C=O) groups is 1. The molecule has 17 heavy (non-hydrogen) atoms.